The van der Waals surface area contributed by atoms with Gasteiger partial charge in [-0.05, 0) is 56.7 Å². The number of nitrogens with one attached hydrogen (secondary N) is 1. The molecule has 128 valence electrons. The first kappa shape index (κ1) is 17.8. The normalized spacial score (nSPS) is 19.3. The van der Waals surface area contributed by atoms with Crippen molar-refractivity contribution in [3.05, 3.63) is 22.3 Å². The fraction of sp³-hybridized carbons (Fsp3) is 0.632. The Morgan fingerprint density at radius 3 is 2.26 bits per heavy atom. The molecule has 0 fully saturated rings. The first-order valence-electron chi connectivity index (χ1n) is 8.16. The molecule has 0 saturated heterocycles. The number of amides is 1. The summed E-state index contributed by atoms with van der Waals surface area (Å²) in [6.45, 7) is 15.8. The number of rotatable bonds is 2. The van der Waals surface area contributed by atoms with Gasteiger partial charge >= 0.3 is 0 Å². The Morgan fingerprint density at radius 2 is 1.74 bits per heavy atom. The number of aliphatic hydroxyl groups excluding tert-OH is 1. The van der Waals surface area contributed by atoms with Crippen molar-refractivity contribution in [1.82, 2.24) is 0 Å². The zero-order valence-electron chi connectivity index (χ0n) is 15.5. The van der Waals surface area contributed by atoms with Crippen LogP contribution in [-0.4, -0.2) is 16.6 Å². The predicted octanol–water partition coefficient (Wildman–Crippen LogP) is 4.19. The maximum atomic E-state index is 12.3. The van der Waals surface area contributed by atoms with E-state index in [9.17, 15) is 9.90 Å². The Labute approximate surface area is 139 Å². The lowest BCUT2D eigenvalue weighted by atomic mass is 9.89. The van der Waals surface area contributed by atoms with E-state index in [1.165, 1.54) is 0 Å². The van der Waals surface area contributed by atoms with Gasteiger partial charge in [-0.2, -0.15) is 0 Å². The summed E-state index contributed by atoms with van der Waals surface area (Å²) in [5.74, 6) is 0.752. The number of benzene rings is 1. The van der Waals surface area contributed by atoms with Crippen LogP contribution in [0.1, 0.15) is 69.4 Å². The summed E-state index contributed by atoms with van der Waals surface area (Å²) in [4.78, 5) is 12.3. The molecule has 1 unspecified atom stereocenters. The smallest absolute Gasteiger partial charge is 0.224 e. The van der Waals surface area contributed by atoms with Crippen LogP contribution in [0.2, 0.25) is 0 Å². The molecule has 0 saturated carbocycles. The lowest BCUT2D eigenvalue weighted by molar-refractivity contribution is -0.117. The first-order valence-corrected chi connectivity index (χ1v) is 8.16. The third-order valence-electron chi connectivity index (χ3n) is 4.55. The van der Waals surface area contributed by atoms with Gasteiger partial charge in [0.15, 0.2) is 0 Å². The monoisotopic (exact) mass is 319 g/mol. The molecule has 1 aromatic rings. The highest BCUT2D eigenvalue weighted by atomic mass is 16.5. The minimum absolute atomic E-state index is 0.00397. The molecule has 1 aliphatic heterocycles. The number of hydrogen-bond donors (Lipinski definition) is 2. The van der Waals surface area contributed by atoms with Crippen LogP contribution >= 0.6 is 0 Å². The highest BCUT2D eigenvalue weighted by Gasteiger charge is 2.43. The number of anilines is 1. The average Bonchev–Trinajstić information content (AvgIpc) is 2.62. The molecule has 0 aliphatic carbocycles. The van der Waals surface area contributed by atoms with Crippen molar-refractivity contribution in [2.75, 3.05) is 5.32 Å². The van der Waals surface area contributed by atoms with Crippen molar-refractivity contribution in [2.45, 2.75) is 73.5 Å². The van der Waals surface area contributed by atoms with Gasteiger partial charge in [0.2, 0.25) is 5.91 Å². The van der Waals surface area contributed by atoms with Crippen LogP contribution in [0.5, 0.6) is 5.75 Å². The number of fused-ring (bicyclic) bond motifs is 1. The molecule has 1 atom stereocenters. The van der Waals surface area contributed by atoms with E-state index in [-0.39, 0.29) is 11.3 Å². The average molecular weight is 319 g/mol. The zero-order valence-corrected chi connectivity index (χ0v) is 15.5. The van der Waals surface area contributed by atoms with Gasteiger partial charge in [-0.25, -0.2) is 0 Å². The fourth-order valence-corrected chi connectivity index (χ4v) is 3.13. The van der Waals surface area contributed by atoms with Gasteiger partial charge in [0.1, 0.15) is 17.5 Å². The Bertz CT molecular complexity index is 654. The van der Waals surface area contributed by atoms with Gasteiger partial charge in [-0.3, -0.25) is 4.79 Å². The second kappa shape index (κ2) is 5.52. The summed E-state index contributed by atoms with van der Waals surface area (Å²) in [5, 5.41) is 13.7. The molecule has 0 aromatic heterocycles. The molecule has 0 bridgehead atoms. The van der Waals surface area contributed by atoms with Crippen molar-refractivity contribution in [3.8, 4) is 5.75 Å². The third kappa shape index (κ3) is 3.23. The third-order valence-corrected chi connectivity index (χ3v) is 4.55. The van der Waals surface area contributed by atoms with E-state index in [2.05, 4.69) is 5.32 Å². The number of hydrogen-bond acceptors (Lipinski definition) is 3. The second-order valence-corrected chi connectivity index (χ2v) is 8.39. The van der Waals surface area contributed by atoms with Crippen LogP contribution in [0.4, 0.5) is 5.69 Å². The summed E-state index contributed by atoms with van der Waals surface area (Å²) in [5.41, 5.74) is 3.73. The van der Waals surface area contributed by atoms with Gasteiger partial charge in [0.05, 0.1) is 0 Å². The molecule has 0 spiro atoms. The standard InChI is InChI=1S/C19H29NO3/c1-10-11(2)16-14(17(22)19(7,8)23-16)12(3)15(10)20-13(21)9-18(4,5)6/h17,22H,9H2,1-8H3,(H,20,21). The van der Waals surface area contributed by atoms with Gasteiger partial charge in [0, 0.05) is 17.7 Å². The number of carbonyl (C=O) groups excluding carboxylic acids is 1. The van der Waals surface area contributed by atoms with E-state index < -0.39 is 11.7 Å². The summed E-state index contributed by atoms with van der Waals surface area (Å²) in [6.07, 6.45) is -0.248. The molecule has 1 heterocycles. The Morgan fingerprint density at radius 1 is 1.17 bits per heavy atom. The second-order valence-electron chi connectivity index (χ2n) is 8.39. The van der Waals surface area contributed by atoms with Crippen molar-refractivity contribution >= 4 is 11.6 Å². The molecule has 23 heavy (non-hydrogen) atoms. The van der Waals surface area contributed by atoms with Crippen molar-refractivity contribution in [1.29, 1.82) is 0 Å². The first-order chi connectivity index (χ1) is 10.3. The molecule has 4 nitrogen and oxygen atoms in total. The Kier molecular flexibility index (Phi) is 4.27. The minimum atomic E-state index is -0.699. The molecule has 4 heteroatoms. The quantitative estimate of drug-likeness (QED) is 0.859. The lowest BCUT2D eigenvalue weighted by Crippen LogP contribution is -2.30. The summed E-state index contributed by atoms with van der Waals surface area (Å²) < 4.78 is 5.98. The van der Waals surface area contributed by atoms with Crippen molar-refractivity contribution < 1.29 is 14.6 Å². The van der Waals surface area contributed by atoms with Crippen molar-refractivity contribution in [2.24, 2.45) is 5.41 Å². The summed E-state index contributed by atoms with van der Waals surface area (Å²) in [6, 6.07) is 0. The molecular formula is C19H29NO3. The highest BCUT2D eigenvalue weighted by molar-refractivity contribution is 5.93. The van der Waals surface area contributed by atoms with Crippen LogP contribution in [0.15, 0.2) is 0 Å². The minimum Gasteiger partial charge on any atom is -0.484 e. The molecule has 0 radical (unpaired) electrons. The van der Waals surface area contributed by atoms with Gasteiger partial charge in [-0.1, -0.05) is 20.8 Å². The molecular weight excluding hydrogens is 290 g/mol. The molecule has 1 aromatic carbocycles. The van der Waals surface area contributed by atoms with E-state index in [1.54, 1.807) is 0 Å². The molecule has 2 rings (SSSR count). The van der Waals surface area contributed by atoms with Gasteiger partial charge in [-0.15, -0.1) is 0 Å². The van der Waals surface area contributed by atoms with E-state index in [4.69, 9.17) is 4.74 Å². The van der Waals surface area contributed by atoms with Crippen LogP contribution in [0.3, 0.4) is 0 Å². The maximum absolute atomic E-state index is 12.3. The van der Waals surface area contributed by atoms with Crippen LogP contribution in [0.25, 0.3) is 0 Å². The van der Waals surface area contributed by atoms with E-state index in [0.29, 0.717) is 6.42 Å². The Balaban J connectivity index is 2.47. The van der Waals surface area contributed by atoms with E-state index in [1.807, 2.05) is 55.4 Å². The SMILES string of the molecule is Cc1c(C)c2c(c(C)c1NC(=O)CC(C)(C)C)C(O)C(C)(C)O2. The molecule has 1 amide bonds. The van der Waals surface area contributed by atoms with Crippen LogP contribution in [0, 0.1) is 26.2 Å². The Hall–Kier alpha value is -1.55. The number of aliphatic hydroxyl groups is 1. The van der Waals surface area contributed by atoms with Gasteiger partial charge in [0.25, 0.3) is 0 Å². The van der Waals surface area contributed by atoms with Crippen molar-refractivity contribution in [3.63, 3.8) is 0 Å². The number of ether oxygens (including phenoxy) is 1. The summed E-state index contributed by atoms with van der Waals surface area (Å²) >= 11 is 0. The predicted molar refractivity (Wildman–Crippen MR) is 93.0 cm³/mol. The maximum Gasteiger partial charge on any atom is 0.224 e. The zero-order chi connectivity index (χ0) is 17.7. The van der Waals surface area contributed by atoms with E-state index in [0.717, 1.165) is 33.7 Å². The number of carbonyl (C=O) groups is 1. The largest absolute Gasteiger partial charge is 0.484 e. The lowest BCUT2D eigenvalue weighted by Gasteiger charge is -2.22. The summed E-state index contributed by atoms with van der Waals surface area (Å²) in [7, 11) is 0. The van der Waals surface area contributed by atoms with Crippen LogP contribution in [-0.2, 0) is 4.79 Å². The fourth-order valence-electron chi connectivity index (χ4n) is 3.13. The van der Waals surface area contributed by atoms with E-state index >= 15 is 0 Å². The highest BCUT2D eigenvalue weighted by Crippen LogP contribution is 2.49. The topological polar surface area (TPSA) is 58.6 Å². The molecule has 2 N–H and O–H groups in total. The van der Waals surface area contributed by atoms with Gasteiger partial charge < -0.3 is 15.2 Å². The molecule has 1 aliphatic rings. The van der Waals surface area contributed by atoms with Crippen LogP contribution < -0.4 is 10.1 Å².